The number of rotatable bonds is 13. The van der Waals surface area contributed by atoms with Crippen LogP contribution in [0, 0.1) is 13.8 Å². The third-order valence-corrected chi connectivity index (χ3v) is 10.6. The van der Waals surface area contributed by atoms with E-state index < -0.39 is 0 Å². The summed E-state index contributed by atoms with van der Waals surface area (Å²) in [5.74, 6) is 1.29. The van der Waals surface area contributed by atoms with Crippen LogP contribution in [0.25, 0.3) is 0 Å². The van der Waals surface area contributed by atoms with Gasteiger partial charge < -0.3 is 34.3 Å². The molecule has 0 spiro atoms. The molecule has 51 heavy (non-hydrogen) atoms. The third kappa shape index (κ3) is 12.8. The van der Waals surface area contributed by atoms with Crippen LogP contribution in [-0.2, 0) is 32.0 Å². The van der Waals surface area contributed by atoms with Crippen LogP contribution in [0.5, 0.6) is 5.75 Å². The van der Waals surface area contributed by atoms with Crippen molar-refractivity contribution in [1.29, 1.82) is 0 Å². The summed E-state index contributed by atoms with van der Waals surface area (Å²) in [5.41, 5.74) is 7.01. The summed E-state index contributed by atoms with van der Waals surface area (Å²) in [5, 5.41) is 2.81. The van der Waals surface area contributed by atoms with Crippen molar-refractivity contribution in [2.75, 3.05) is 78.5 Å². The van der Waals surface area contributed by atoms with E-state index in [1.165, 1.54) is 22.3 Å². The van der Waals surface area contributed by atoms with Gasteiger partial charge in [0.05, 0.1) is 7.11 Å². The van der Waals surface area contributed by atoms with E-state index in [-0.39, 0.29) is 5.91 Å². The number of aryl methyl sites for hydroxylation is 3. The maximum absolute atomic E-state index is 12.9. The van der Waals surface area contributed by atoms with Crippen LogP contribution in [0.2, 0.25) is 0 Å². The molecule has 0 aliphatic carbocycles. The average molecular weight is 706 g/mol. The number of methoxy groups -OCH3 is 1. The van der Waals surface area contributed by atoms with E-state index in [4.69, 9.17) is 14.3 Å². The Labute approximate surface area is 307 Å². The first kappa shape index (κ1) is 41.7. The minimum atomic E-state index is 0.270. The number of benzene rings is 2. The second-order valence-electron chi connectivity index (χ2n) is 13.8. The lowest BCUT2D eigenvalue weighted by atomic mass is 10.0. The molecule has 3 aliphatic heterocycles. The van der Waals surface area contributed by atoms with Gasteiger partial charge in [-0.1, -0.05) is 43.8 Å². The van der Waals surface area contributed by atoms with Gasteiger partial charge in [-0.25, -0.2) is 0 Å². The van der Waals surface area contributed by atoms with Crippen molar-refractivity contribution in [3.63, 3.8) is 0 Å². The molecule has 3 saturated heterocycles. The van der Waals surface area contributed by atoms with Gasteiger partial charge >= 0.3 is 0 Å². The van der Waals surface area contributed by atoms with E-state index in [0.29, 0.717) is 18.5 Å². The first-order chi connectivity index (χ1) is 24.7. The number of carbonyl (C=O) groups is 3. The van der Waals surface area contributed by atoms with Gasteiger partial charge in [-0.05, 0) is 94.2 Å². The molecular formula is C41H63N5O5. The van der Waals surface area contributed by atoms with E-state index in [1.807, 2.05) is 29.9 Å². The molecule has 0 unspecified atom stereocenters. The minimum Gasteiger partial charge on any atom is -0.496 e. The standard InChI is InChI=1S/C29H45N5O3.C11H16O.CH2O/c1-24(7-8-29(36)34-19-17-33(18-20-34)27-12-21-37-22-13-27)32-15-10-26(11-16-32)31(2)14-9-25-5-3-4-6-28(25)30-23-35;1-5-10-6-8(2)11(12-4)9(3)7-10;1-2/h3-6,23,26-27H,1,7-22H2,2H3,(H,30,35);6-7H,5H2,1-4H3;1H2. The molecule has 2 aromatic carbocycles. The van der Waals surface area contributed by atoms with Crippen LogP contribution in [0.15, 0.2) is 48.7 Å². The number of nitrogens with zero attached hydrogens (tertiary/aromatic N) is 4. The van der Waals surface area contributed by atoms with Gasteiger partial charge in [-0.15, -0.1) is 0 Å². The summed E-state index contributed by atoms with van der Waals surface area (Å²) in [6, 6.07) is 13.5. The fourth-order valence-electron chi connectivity index (χ4n) is 7.57. The maximum Gasteiger partial charge on any atom is 0.223 e. The van der Waals surface area contributed by atoms with Crippen LogP contribution in [0.1, 0.15) is 67.7 Å². The van der Waals surface area contributed by atoms with Crippen molar-refractivity contribution in [3.05, 3.63) is 70.9 Å². The predicted molar refractivity (Wildman–Crippen MR) is 206 cm³/mol. The Balaban J connectivity index is 0.000000422. The maximum atomic E-state index is 12.9. The molecule has 5 rings (SSSR count). The average Bonchev–Trinajstić information content (AvgIpc) is 3.17. The number of amides is 2. The normalized spacial score (nSPS) is 17.1. The van der Waals surface area contributed by atoms with Crippen molar-refractivity contribution in [2.45, 2.75) is 84.2 Å². The number of nitrogens with one attached hydrogen (secondary N) is 1. The Morgan fingerprint density at radius 2 is 1.59 bits per heavy atom. The second-order valence-corrected chi connectivity index (χ2v) is 13.8. The Morgan fingerprint density at radius 3 is 2.18 bits per heavy atom. The topological polar surface area (TPSA) is 94.7 Å². The highest BCUT2D eigenvalue weighted by atomic mass is 16.5. The molecule has 3 heterocycles. The molecule has 3 aliphatic rings. The Hall–Kier alpha value is -3.73. The highest BCUT2D eigenvalue weighted by molar-refractivity contribution is 5.76. The molecule has 0 bridgehead atoms. The van der Waals surface area contributed by atoms with E-state index in [0.717, 1.165) is 128 Å². The number of hydrogen-bond acceptors (Lipinski definition) is 8. The zero-order valence-corrected chi connectivity index (χ0v) is 32.0. The van der Waals surface area contributed by atoms with Crippen molar-refractivity contribution in [1.82, 2.24) is 19.6 Å². The van der Waals surface area contributed by atoms with E-state index >= 15 is 0 Å². The van der Waals surface area contributed by atoms with Crippen LogP contribution in [-0.4, -0.2) is 124 Å². The lowest BCUT2D eigenvalue weighted by Crippen LogP contribution is -2.53. The smallest absolute Gasteiger partial charge is 0.223 e. The number of ether oxygens (including phenoxy) is 2. The van der Waals surface area contributed by atoms with Crippen LogP contribution in [0.3, 0.4) is 0 Å². The number of piperidine rings is 1. The Morgan fingerprint density at radius 1 is 0.961 bits per heavy atom. The SMILES string of the molecule is C=C(CCC(=O)N1CCN(C2CCOCC2)CC1)N1CCC(N(C)CCc2ccccc2NC=O)CC1.C=O.CCc1cc(C)c(OC)c(C)c1. The highest BCUT2D eigenvalue weighted by Gasteiger charge is 2.28. The van der Waals surface area contributed by atoms with Gasteiger partial charge in [-0.2, -0.15) is 0 Å². The largest absolute Gasteiger partial charge is 0.496 e. The number of piperazine rings is 1. The summed E-state index contributed by atoms with van der Waals surface area (Å²) in [6.07, 6.45) is 8.49. The van der Waals surface area contributed by atoms with Crippen molar-refractivity contribution < 1.29 is 23.9 Å². The predicted octanol–water partition coefficient (Wildman–Crippen LogP) is 5.50. The minimum absolute atomic E-state index is 0.270. The zero-order valence-electron chi connectivity index (χ0n) is 32.0. The van der Waals surface area contributed by atoms with Gasteiger partial charge in [0.15, 0.2) is 0 Å². The molecular weight excluding hydrogens is 642 g/mol. The lowest BCUT2D eigenvalue weighted by Gasteiger charge is -2.41. The first-order valence-corrected chi connectivity index (χ1v) is 18.7. The van der Waals surface area contributed by atoms with Crippen molar-refractivity contribution >= 4 is 24.8 Å². The number of allylic oxidation sites excluding steroid dienone is 1. The quantitative estimate of drug-likeness (QED) is 0.273. The van der Waals surface area contributed by atoms with E-state index in [9.17, 15) is 9.59 Å². The molecule has 3 fully saturated rings. The molecule has 0 atom stereocenters. The molecule has 282 valence electrons. The van der Waals surface area contributed by atoms with Gasteiger partial charge in [0.1, 0.15) is 12.5 Å². The summed E-state index contributed by atoms with van der Waals surface area (Å²) in [6.45, 7) is 21.0. The molecule has 10 nitrogen and oxygen atoms in total. The van der Waals surface area contributed by atoms with Gasteiger partial charge in [0.2, 0.25) is 12.3 Å². The highest BCUT2D eigenvalue weighted by Crippen LogP contribution is 2.25. The summed E-state index contributed by atoms with van der Waals surface area (Å²) in [4.78, 5) is 41.2. The fourth-order valence-corrected chi connectivity index (χ4v) is 7.57. The molecule has 0 radical (unpaired) electrons. The third-order valence-electron chi connectivity index (χ3n) is 10.6. The number of likely N-dealkylation sites (tertiary alicyclic amines) is 1. The summed E-state index contributed by atoms with van der Waals surface area (Å²) >= 11 is 0. The van der Waals surface area contributed by atoms with Gasteiger partial charge in [0, 0.05) is 88.9 Å². The van der Waals surface area contributed by atoms with Gasteiger partial charge in [-0.3, -0.25) is 14.5 Å². The lowest BCUT2D eigenvalue weighted by molar-refractivity contribution is -0.133. The number of para-hydroxylation sites is 1. The fraction of sp³-hybridized carbons (Fsp3) is 0.585. The van der Waals surface area contributed by atoms with Crippen LogP contribution >= 0.6 is 0 Å². The summed E-state index contributed by atoms with van der Waals surface area (Å²) < 4.78 is 10.8. The van der Waals surface area contributed by atoms with E-state index in [1.54, 1.807) is 7.11 Å². The first-order valence-electron chi connectivity index (χ1n) is 18.7. The Kier molecular flexibility index (Phi) is 18.2. The summed E-state index contributed by atoms with van der Waals surface area (Å²) in [7, 11) is 3.92. The Bertz CT molecular complexity index is 1340. The van der Waals surface area contributed by atoms with Crippen molar-refractivity contribution in [3.8, 4) is 5.75 Å². The monoisotopic (exact) mass is 705 g/mol. The zero-order chi connectivity index (χ0) is 37.2. The number of anilines is 1. The van der Waals surface area contributed by atoms with E-state index in [2.05, 4.69) is 72.6 Å². The second kappa shape index (κ2) is 22.3. The molecule has 10 heteroatoms. The molecule has 2 amide bonds. The number of likely N-dealkylation sites (N-methyl/N-ethyl adjacent to an activating group) is 1. The number of hydrogen-bond donors (Lipinski definition) is 1. The molecule has 2 aromatic rings. The molecule has 0 aromatic heterocycles. The van der Waals surface area contributed by atoms with Crippen molar-refractivity contribution in [2.24, 2.45) is 0 Å². The molecule has 1 N–H and O–H groups in total. The van der Waals surface area contributed by atoms with Crippen LogP contribution in [0.4, 0.5) is 5.69 Å². The van der Waals surface area contributed by atoms with Gasteiger partial charge in [0.25, 0.3) is 0 Å². The van der Waals surface area contributed by atoms with Crippen LogP contribution < -0.4 is 10.1 Å². The molecule has 0 saturated carbocycles. The number of carbonyl (C=O) groups excluding carboxylic acids is 3.